The fraction of sp³-hybridized carbons (Fsp3) is 0. The molecule has 1 rings (SSSR count). The van der Waals surface area contributed by atoms with E-state index >= 15 is 0 Å². The lowest BCUT2D eigenvalue weighted by atomic mass is 10.2. The summed E-state index contributed by atoms with van der Waals surface area (Å²) in [7, 11) is 0. The molecular weight excluding hydrogens is 100 g/mol. The molecule has 0 heterocycles. The van der Waals surface area contributed by atoms with Crippen LogP contribution in [0.5, 0.6) is 0 Å². The quantitative estimate of drug-likeness (QED) is 0.449. The minimum Gasteiger partial charge on any atom is -0.804 e. The number of rotatable bonds is 0. The molecule has 2 nitrogen and oxygen atoms in total. The molecule has 0 fully saturated rings. The van der Waals surface area contributed by atoms with E-state index in [-0.39, 0.29) is 5.71 Å². The summed E-state index contributed by atoms with van der Waals surface area (Å²) in [6, 6.07) is 0. The summed E-state index contributed by atoms with van der Waals surface area (Å²) in [5.74, 6) is 0. The zero-order chi connectivity index (χ0) is 5.98. The summed E-state index contributed by atoms with van der Waals surface area (Å²) in [6.07, 6.45) is 6.05. The minimum atomic E-state index is 0.209. The van der Waals surface area contributed by atoms with Gasteiger partial charge >= 0.3 is 0 Å². The van der Waals surface area contributed by atoms with Crippen molar-refractivity contribution in [3.05, 3.63) is 29.7 Å². The Labute approximate surface area is 47.5 Å². The van der Waals surface area contributed by atoms with Crippen LogP contribution in [-0.4, -0.2) is 11.4 Å². The summed E-state index contributed by atoms with van der Waals surface area (Å²) >= 11 is 0. The van der Waals surface area contributed by atoms with Crippen LogP contribution < -0.4 is 0 Å². The van der Waals surface area contributed by atoms with Crippen LogP contribution in [0.25, 0.3) is 5.41 Å². The van der Waals surface area contributed by atoms with Gasteiger partial charge in [-0.2, -0.15) is 5.71 Å². The predicted octanol–water partition coefficient (Wildman–Crippen LogP) is 1.14. The smallest absolute Gasteiger partial charge is 0.0538 e. The maximum Gasteiger partial charge on any atom is 0.0538 e. The van der Waals surface area contributed by atoms with E-state index in [2.05, 4.69) is 0 Å². The molecule has 2 heteroatoms. The molecule has 0 spiro atoms. The second-order valence-electron chi connectivity index (χ2n) is 1.55. The molecule has 0 amide bonds. The second-order valence-corrected chi connectivity index (χ2v) is 1.55. The van der Waals surface area contributed by atoms with Crippen molar-refractivity contribution in [2.75, 3.05) is 0 Å². The van der Waals surface area contributed by atoms with Gasteiger partial charge < -0.3 is 10.8 Å². The van der Waals surface area contributed by atoms with Crippen molar-refractivity contribution in [3.8, 4) is 0 Å². The normalized spacial score (nSPS) is 17.5. The van der Waals surface area contributed by atoms with Gasteiger partial charge in [-0.15, -0.1) is 0 Å². The summed E-state index contributed by atoms with van der Waals surface area (Å²) in [5.41, 5.74) is 0.629. The number of hydrogen-bond acceptors (Lipinski definition) is 1. The summed E-state index contributed by atoms with van der Waals surface area (Å²) in [5, 5.41) is 15.7. The van der Waals surface area contributed by atoms with E-state index in [9.17, 15) is 0 Å². The molecule has 0 bridgehead atoms. The third-order valence-corrected chi connectivity index (χ3v) is 0.867. The maximum absolute atomic E-state index is 8.67. The van der Waals surface area contributed by atoms with Gasteiger partial charge in [0.05, 0.1) is 5.71 Å². The summed E-state index contributed by atoms with van der Waals surface area (Å²) in [4.78, 5) is 0. The average molecular weight is 105 g/mol. The molecule has 8 heavy (non-hydrogen) atoms. The topological polar surface area (TPSA) is 46.2 Å². The van der Waals surface area contributed by atoms with Gasteiger partial charge in [0.15, 0.2) is 0 Å². The summed E-state index contributed by atoms with van der Waals surface area (Å²) < 4.78 is 0. The highest BCUT2D eigenvalue weighted by Gasteiger charge is 1.85. The van der Waals surface area contributed by atoms with Gasteiger partial charge in [-0.3, -0.25) is 0 Å². The lowest BCUT2D eigenvalue weighted by Crippen LogP contribution is -1.95. The molecule has 40 valence electrons. The van der Waals surface area contributed by atoms with Crippen molar-refractivity contribution in [2.24, 2.45) is 0 Å². The molecule has 1 N–H and O–H groups in total. The van der Waals surface area contributed by atoms with Crippen molar-refractivity contribution in [1.82, 2.24) is 0 Å². The van der Waals surface area contributed by atoms with E-state index in [4.69, 9.17) is 10.8 Å². The highest BCUT2D eigenvalue weighted by atomic mass is 14.4. The average Bonchev–Trinajstić information content (AvgIpc) is 1.77. The van der Waals surface area contributed by atoms with E-state index in [0.717, 1.165) is 0 Å². The van der Waals surface area contributed by atoms with Gasteiger partial charge in [-0.05, 0) is 12.2 Å². The molecule has 0 saturated heterocycles. The summed E-state index contributed by atoms with van der Waals surface area (Å²) in [6.45, 7) is 0. The number of hydrogen-bond donors (Lipinski definition) is 1. The molecule has 0 aromatic heterocycles. The molecular formula is C6H5N2-. The Morgan fingerprint density at radius 2 is 1.62 bits per heavy atom. The van der Waals surface area contributed by atoms with Crippen LogP contribution in [-0.2, 0) is 0 Å². The molecule has 0 aromatic rings. The molecule has 1 aliphatic rings. The van der Waals surface area contributed by atoms with Crippen LogP contribution >= 0.6 is 0 Å². The fourth-order valence-corrected chi connectivity index (χ4v) is 0.461. The molecule has 0 atom stereocenters. The lowest BCUT2D eigenvalue weighted by Gasteiger charge is -2.02. The largest absolute Gasteiger partial charge is 0.804 e. The Balaban J connectivity index is 2.83. The second kappa shape index (κ2) is 1.74. The van der Waals surface area contributed by atoms with Gasteiger partial charge in [0.25, 0.3) is 0 Å². The van der Waals surface area contributed by atoms with Gasteiger partial charge in [-0.1, -0.05) is 12.2 Å². The van der Waals surface area contributed by atoms with Crippen LogP contribution in [0.4, 0.5) is 0 Å². The Hall–Kier alpha value is -1.18. The van der Waals surface area contributed by atoms with Gasteiger partial charge in [0.1, 0.15) is 0 Å². The van der Waals surface area contributed by atoms with Gasteiger partial charge in [0.2, 0.25) is 0 Å². The first-order valence-corrected chi connectivity index (χ1v) is 2.29. The highest BCUT2D eigenvalue weighted by molar-refractivity contribution is 6.18. The minimum absolute atomic E-state index is 0.209. The van der Waals surface area contributed by atoms with Crippen LogP contribution in [0.1, 0.15) is 0 Å². The van der Waals surface area contributed by atoms with Crippen molar-refractivity contribution >= 4 is 11.4 Å². The highest BCUT2D eigenvalue weighted by Crippen LogP contribution is 1.92. The van der Waals surface area contributed by atoms with Crippen LogP contribution in [0.2, 0.25) is 0 Å². The van der Waals surface area contributed by atoms with E-state index in [1.165, 1.54) is 24.3 Å². The maximum atomic E-state index is 8.67. The van der Waals surface area contributed by atoms with Crippen LogP contribution in [0, 0.1) is 5.41 Å². The molecule has 0 aliphatic heterocycles. The molecule has 0 radical (unpaired) electrons. The zero-order valence-corrected chi connectivity index (χ0v) is 4.26. The Kier molecular flexibility index (Phi) is 1.08. The first-order chi connectivity index (χ1) is 3.79. The fourth-order valence-electron chi connectivity index (χ4n) is 0.461. The van der Waals surface area contributed by atoms with E-state index < -0.39 is 0 Å². The Morgan fingerprint density at radius 1 is 1.12 bits per heavy atom. The number of allylic oxidation sites excluding steroid dienone is 4. The van der Waals surface area contributed by atoms with Crippen molar-refractivity contribution < 1.29 is 0 Å². The van der Waals surface area contributed by atoms with Crippen LogP contribution in [0.3, 0.4) is 0 Å². The third-order valence-electron chi connectivity index (χ3n) is 0.867. The lowest BCUT2D eigenvalue weighted by molar-refractivity contribution is 1.53. The van der Waals surface area contributed by atoms with Crippen LogP contribution in [0.15, 0.2) is 24.3 Å². The molecule has 0 unspecified atom stereocenters. The van der Waals surface area contributed by atoms with Crippen molar-refractivity contribution in [2.45, 2.75) is 0 Å². The molecule has 0 aromatic carbocycles. The number of nitrogens with zero attached hydrogens (tertiary/aromatic N) is 1. The molecule has 1 aliphatic carbocycles. The Bertz CT molecular complexity index is 149. The first kappa shape index (κ1) is 4.97. The van der Waals surface area contributed by atoms with E-state index in [1.54, 1.807) is 0 Å². The van der Waals surface area contributed by atoms with Gasteiger partial charge in [-0.25, -0.2) is 0 Å². The Morgan fingerprint density at radius 3 is 2.00 bits per heavy atom. The van der Waals surface area contributed by atoms with Gasteiger partial charge in [0, 0.05) is 0 Å². The van der Waals surface area contributed by atoms with E-state index in [1.807, 2.05) is 0 Å². The van der Waals surface area contributed by atoms with Crippen molar-refractivity contribution in [3.63, 3.8) is 0 Å². The molecule has 0 saturated carbocycles. The van der Waals surface area contributed by atoms with E-state index in [0.29, 0.717) is 5.71 Å². The van der Waals surface area contributed by atoms with Crippen molar-refractivity contribution in [1.29, 1.82) is 5.41 Å². The monoisotopic (exact) mass is 105 g/mol. The first-order valence-electron chi connectivity index (χ1n) is 2.29. The number of nitrogens with one attached hydrogen (secondary N) is 1. The SMILES string of the molecule is [N-]=C1C=CC(=N)C=C1. The zero-order valence-electron chi connectivity index (χ0n) is 4.26. The standard InChI is InChI=1S/C6H5N2/c7-5-1-2-6(8)4-3-5/h1-4,7H/q-1. The predicted molar refractivity (Wildman–Crippen MR) is 34.4 cm³/mol. The third kappa shape index (κ3) is 0.904.